The standard InChI is InChI=1S/C28H29I2O3S/c1-19-16-25(17-20(2)27(19)32-18-26(31)33-28(3)14-4-5-15-28)34(23-10-6-21(29)7-11-23)24-12-8-22(30)9-13-24/h6-13,16-17H,4-5,14-15,18H2,1-3H3/q+1. The molecule has 0 radical (unpaired) electrons. The van der Waals surface area contributed by atoms with Crippen LogP contribution in [0.25, 0.3) is 0 Å². The minimum Gasteiger partial charge on any atom is -0.481 e. The van der Waals surface area contributed by atoms with E-state index in [2.05, 4.69) is 120 Å². The number of hydrogen-bond acceptors (Lipinski definition) is 3. The highest BCUT2D eigenvalue weighted by molar-refractivity contribution is 14.1. The molecule has 3 nitrogen and oxygen atoms in total. The minimum absolute atomic E-state index is 0.0590. The molecule has 3 aromatic carbocycles. The van der Waals surface area contributed by atoms with Crippen LogP contribution >= 0.6 is 45.2 Å². The molecular formula is C28H29I2O3S+. The summed E-state index contributed by atoms with van der Waals surface area (Å²) in [7, 11) is -0.236. The van der Waals surface area contributed by atoms with Crippen LogP contribution in [-0.4, -0.2) is 18.2 Å². The van der Waals surface area contributed by atoms with E-state index in [9.17, 15) is 4.79 Å². The molecule has 1 aliphatic rings. The van der Waals surface area contributed by atoms with Gasteiger partial charge in [0.05, 0.1) is 10.9 Å². The molecule has 1 fully saturated rings. The number of rotatable bonds is 7. The van der Waals surface area contributed by atoms with E-state index in [-0.39, 0.29) is 29.1 Å². The summed E-state index contributed by atoms with van der Waals surface area (Å²) < 4.78 is 14.2. The fourth-order valence-corrected chi connectivity index (χ4v) is 7.41. The van der Waals surface area contributed by atoms with Crippen LogP contribution < -0.4 is 4.74 Å². The Morgan fingerprint density at radius 2 is 1.32 bits per heavy atom. The topological polar surface area (TPSA) is 35.5 Å². The maximum Gasteiger partial charge on any atom is 0.344 e. The molecule has 0 unspecified atom stereocenters. The highest BCUT2D eigenvalue weighted by Crippen LogP contribution is 2.36. The Morgan fingerprint density at radius 1 is 0.853 bits per heavy atom. The van der Waals surface area contributed by atoms with Gasteiger partial charge in [0.2, 0.25) is 0 Å². The van der Waals surface area contributed by atoms with Crippen LogP contribution in [0.2, 0.25) is 0 Å². The predicted molar refractivity (Wildman–Crippen MR) is 155 cm³/mol. The Labute approximate surface area is 232 Å². The number of aryl methyl sites for hydroxylation is 2. The van der Waals surface area contributed by atoms with Crippen molar-refractivity contribution < 1.29 is 14.3 Å². The lowest BCUT2D eigenvalue weighted by Gasteiger charge is -2.24. The summed E-state index contributed by atoms with van der Waals surface area (Å²) in [6, 6.07) is 21.9. The van der Waals surface area contributed by atoms with Gasteiger partial charge in [-0.3, -0.25) is 0 Å². The molecule has 0 spiro atoms. The first-order chi connectivity index (χ1) is 16.2. The number of esters is 1. The highest BCUT2D eigenvalue weighted by Gasteiger charge is 2.33. The molecule has 0 N–H and O–H groups in total. The predicted octanol–water partition coefficient (Wildman–Crippen LogP) is 7.86. The van der Waals surface area contributed by atoms with Crippen LogP contribution in [-0.2, 0) is 20.4 Å². The molecule has 1 aliphatic carbocycles. The van der Waals surface area contributed by atoms with Crippen molar-refractivity contribution in [1.29, 1.82) is 0 Å². The molecule has 0 aromatic heterocycles. The van der Waals surface area contributed by atoms with E-state index >= 15 is 0 Å². The summed E-state index contributed by atoms with van der Waals surface area (Å²) >= 11 is 4.69. The zero-order valence-corrected chi connectivity index (χ0v) is 24.8. The first-order valence-electron chi connectivity index (χ1n) is 11.5. The lowest BCUT2D eigenvalue weighted by Crippen LogP contribution is -2.30. The van der Waals surface area contributed by atoms with Gasteiger partial charge in [0.1, 0.15) is 11.4 Å². The summed E-state index contributed by atoms with van der Waals surface area (Å²) in [6.45, 7) is 6.08. The smallest absolute Gasteiger partial charge is 0.344 e. The van der Waals surface area contributed by atoms with Crippen molar-refractivity contribution >= 4 is 62.0 Å². The van der Waals surface area contributed by atoms with Crippen LogP contribution in [0, 0.1) is 21.0 Å². The molecule has 0 amide bonds. The summed E-state index contributed by atoms with van der Waals surface area (Å²) in [6.07, 6.45) is 4.11. The van der Waals surface area contributed by atoms with Gasteiger partial charge in [0.15, 0.2) is 21.3 Å². The van der Waals surface area contributed by atoms with E-state index < -0.39 is 0 Å². The van der Waals surface area contributed by atoms with Crippen LogP contribution in [0.5, 0.6) is 5.75 Å². The third kappa shape index (κ3) is 6.29. The third-order valence-electron chi connectivity index (χ3n) is 6.12. The number of carbonyl (C=O) groups is 1. The fourth-order valence-electron chi connectivity index (χ4n) is 4.47. The van der Waals surface area contributed by atoms with Crippen molar-refractivity contribution in [3.63, 3.8) is 0 Å². The zero-order valence-electron chi connectivity index (χ0n) is 19.7. The Balaban J connectivity index is 1.59. The van der Waals surface area contributed by atoms with E-state index in [0.29, 0.717) is 0 Å². The summed E-state index contributed by atoms with van der Waals surface area (Å²) in [5, 5.41) is 0. The minimum atomic E-state index is -0.330. The first-order valence-corrected chi connectivity index (χ1v) is 14.8. The van der Waals surface area contributed by atoms with Gasteiger partial charge in [-0.2, -0.15) is 0 Å². The van der Waals surface area contributed by atoms with Gasteiger partial charge in [0, 0.05) is 19.3 Å². The summed E-state index contributed by atoms with van der Waals surface area (Å²) in [4.78, 5) is 16.3. The lowest BCUT2D eigenvalue weighted by atomic mass is 10.1. The largest absolute Gasteiger partial charge is 0.481 e. The number of benzene rings is 3. The van der Waals surface area contributed by atoms with Gasteiger partial charge in [-0.25, -0.2) is 4.79 Å². The van der Waals surface area contributed by atoms with Gasteiger partial charge in [-0.1, -0.05) is 0 Å². The van der Waals surface area contributed by atoms with Crippen LogP contribution in [0.1, 0.15) is 43.7 Å². The average molecular weight is 699 g/mol. The van der Waals surface area contributed by atoms with E-state index in [1.807, 2.05) is 6.92 Å². The third-order valence-corrected chi connectivity index (χ3v) is 9.76. The molecule has 6 heteroatoms. The van der Waals surface area contributed by atoms with Crippen molar-refractivity contribution in [3.8, 4) is 5.75 Å². The molecular weight excluding hydrogens is 670 g/mol. The van der Waals surface area contributed by atoms with Gasteiger partial charge >= 0.3 is 5.97 Å². The van der Waals surface area contributed by atoms with Crippen LogP contribution in [0.3, 0.4) is 0 Å². The van der Waals surface area contributed by atoms with Gasteiger partial charge in [0.25, 0.3) is 0 Å². The monoisotopic (exact) mass is 699 g/mol. The molecule has 0 atom stereocenters. The normalized spacial score (nSPS) is 14.9. The van der Waals surface area contributed by atoms with Gasteiger partial charge in [-0.05, 0) is 151 Å². The Bertz CT molecular complexity index is 1080. The second-order valence-electron chi connectivity index (χ2n) is 9.02. The average Bonchev–Trinajstić information content (AvgIpc) is 3.21. The maximum absolute atomic E-state index is 12.5. The number of halogens is 2. The molecule has 0 bridgehead atoms. The van der Waals surface area contributed by atoms with E-state index in [1.54, 1.807) is 0 Å². The SMILES string of the molecule is Cc1cc([S+](c2ccc(I)cc2)c2ccc(I)cc2)cc(C)c1OCC(=O)OC1(C)CCCC1. The molecule has 0 saturated heterocycles. The molecule has 3 aromatic rings. The van der Waals surface area contributed by atoms with Crippen molar-refractivity contribution in [3.05, 3.63) is 78.9 Å². The molecule has 0 aliphatic heterocycles. The van der Waals surface area contributed by atoms with Crippen LogP contribution in [0.15, 0.2) is 75.4 Å². The van der Waals surface area contributed by atoms with Crippen molar-refractivity contribution in [1.82, 2.24) is 0 Å². The second kappa shape index (κ2) is 11.2. The molecule has 34 heavy (non-hydrogen) atoms. The molecule has 1 saturated carbocycles. The Kier molecular flexibility index (Phi) is 8.51. The zero-order chi connectivity index (χ0) is 24.3. The Hall–Kier alpha value is -1.26. The van der Waals surface area contributed by atoms with Gasteiger partial charge in [-0.15, -0.1) is 0 Å². The van der Waals surface area contributed by atoms with E-state index in [4.69, 9.17) is 9.47 Å². The first kappa shape index (κ1) is 25.8. The quantitative estimate of drug-likeness (QED) is 0.143. The van der Waals surface area contributed by atoms with Crippen molar-refractivity contribution in [2.24, 2.45) is 0 Å². The maximum atomic E-state index is 12.5. The Morgan fingerprint density at radius 3 is 1.79 bits per heavy atom. The summed E-state index contributed by atoms with van der Waals surface area (Å²) in [5.41, 5.74) is 1.73. The molecule has 178 valence electrons. The van der Waals surface area contributed by atoms with Crippen molar-refractivity contribution in [2.45, 2.75) is 66.7 Å². The fraction of sp³-hybridized carbons (Fsp3) is 0.321. The highest BCUT2D eigenvalue weighted by atomic mass is 127. The van der Waals surface area contributed by atoms with E-state index in [0.717, 1.165) is 42.6 Å². The second-order valence-corrected chi connectivity index (χ2v) is 13.5. The lowest BCUT2D eigenvalue weighted by molar-refractivity contribution is -0.159. The molecule has 4 rings (SSSR count). The van der Waals surface area contributed by atoms with Gasteiger partial charge < -0.3 is 9.47 Å². The summed E-state index contributed by atoms with van der Waals surface area (Å²) in [5.74, 6) is 0.482. The number of ether oxygens (including phenoxy) is 2. The number of carbonyl (C=O) groups excluding carboxylic acids is 1. The van der Waals surface area contributed by atoms with Crippen molar-refractivity contribution in [2.75, 3.05) is 6.61 Å². The van der Waals surface area contributed by atoms with E-state index in [1.165, 1.54) is 21.8 Å². The van der Waals surface area contributed by atoms with Crippen LogP contribution in [0.4, 0.5) is 0 Å². The number of hydrogen-bond donors (Lipinski definition) is 0. The molecule has 0 heterocycles.